The summed E-state index contributed by atoms with van der Waals surface area (Å²) >= 11 is 13.5. The number of nitrogens with one attached hydrogen (secondary N) is 1. The molecule has 0 aliphatic heterocycles. The number of nitrogen functional groups attached to an aromatic ring is 1. The molecule has 4 nitrogen and oxygen atoms in total. The first kappa shape index (κ1) is 13.4. The molecule has 0 aliphatic carbocycles. The van der Waals surface area contributed by atoms with Gasteiger partial charge in [-0.25, -0.2) is 0 Å². The van der Waals surface area contributed by atoms with Gasteiger partial charge in [0.25, 0.3) is 0 Å². The molecule has 2 aromatic carbocycles. The summed E-state index contributed by atoms with van der Waals surface area (Å²) in [6, 6.07) is 7.31. The number of anilines is 3. The number of benzene rings is 2. The second-order valence-corrected chi connectivity index (χ2v) is 5.72. The van der Waals surface area contributed by atoms with Gasteiger partial charge >= 0.3 is 0 Å². The summed E-state index contributed by atoms with van der Waals surface area (Å²) in [7, 11) is 0. The van der Waals surface area contributed by atoms with E-state index in [4.69, 9.17) is 28.9 Å². The average Bonchev–Trinajstić information content (AvgIpc) is 2.88. The van der Waals surface area contributed by atoms with Gasteiger partial charge in [-0.05, 0) is 30.7 Å². The monoisotopic (exact) mass is 324 g/mol. The molecule has 3 aromatic rings. The molecule has 0 fully saturated rings. The highest BCUT2D eigenvalue weighted by atomic mass is 35.5. The number of hydrogen-bond acceptors (Lipinski definition) is 5. The van der Waals surface area contributed by atoms with Gasteiger partial charge in [0.05, 0.1) is 27.5 Å². The Hall–Kier alpha value is -1.56. The molecule has 0 atom stereocenters. The number of aromatic nitrogens is 2. The quantitative estimate of drug-likeness (QED) is 0.674. The van der Waals surface area contributed by atoms with Gasteiger partial charge in [0, 0.05) is 11.4 Å². The topological polar surface area (TPSA) is 63.8 Å². The maximum absolute atomic E-state index is 6.27. The first-order valence-electron chi connectivity index (χ1n) is 5.79. The second kappa shape index (κ2) is 5.09. The van der Waals surface area contributed by atoms with Crippen LogP contribution >= 0.6 is 34.9 Å². The van der Waals surface area contributed by atoms with E-state index in [2.05, 4.69) is 14.1 Å². The van der Waals surface area contributed by atoms with Gasteiger partial charge < -0.3 is 11.1 Å². The molecule has 0 saturated carbocycles. The third-order valence-electron chi connectivity index (χ3n) is 2.97. The smallest absolute Gasteiger partial charge is 0.131 e. The normalized spacial score (nSPS) is 10.9. The maximum Gasteiger partial charge on any atom is 0.131 e. The highest BCUT2D eigenvalue weighted by Gasteiger charge is 2.14. The minimum absolute atomic E-state index is 0.494. The molecule has 3 rings (SSSR count). The maximum atomic E-state index is 6.27. The van der Waals surface area contributed by atoms with E-state index in [1.54, 1.807) is 6.07 Å². The number of rotatable bonds is 2. The van der Waals surface area contributed by atoms with Crippen molar-refractivity contribution in [2.24, 2.45) is 0 Å². The van der Waals surface area contributed by atoms with Crippen LogP contribution < -0.4 is 11.1 Å². The lowest BCUT2D eigenvalue weighted by Crippen LogP contribution is -1.97. The van der Waals surface area contributed by atoms with Gasteiger partial charge in [-0.15, -0.1) is 0 Å². The Morgan fingerprint density at radius 2 is 1.85 bits per heavy atom. The van der Waals surface area contributed by atoms with Crippen LogP contribution in [0.15, 0.2) is 24.3 Å². The van der Waals surface area contributed by atoms with Crippen LogP contribution in [0.1, 0.15) is 5.56 Å². The highest BCUT2D eigenvalue weighted by Crippen LogP contribution is 2.37. The third kappa shape index (κ3) is 2.28. The predicted octanol–water partition coefficient (Wildman–Crippen LogP) is 4.63. The van der Waals surface area contributed by atoms with Crippen LogP contribution in [-0.4, -0.2) is 8.75 Å². The van der Waals surface area contributed by atoms with Crippen LogP contribution in [0.2, 0.25) is 10.0 Å². The van der Waals surface area contributed by atoms with Crippen molar-refractivity contribution >= 4 is 63.0 Å². The highest BCUT2D eigenvalue weighted by molar-refractivity contribution is 7.00. The van der Waals surface area contributed by atoms with Crippen molar-refractivity contribution in [3.05, 3.63) is 39.9 Å². The number of halogens is 2. The van der Waals surface area contributed by atoms with E-state index in [0.717, 1.165) is 23.0 Å². The molecule has 102 valence electrons. The molecular formula is C13H10Cl2N4S. The fraction of sp³-hybridized carbons (Fsp3) is 0.0769. The van der Waals surface area contributed by atoms with Gasteiger partial charge in [-0.1, -0.05) is 29.3 Å². The van der Waals surface area contributed by atoms with Gasteiger partial charge in [0.15, 0.2) is 0 Å². The van der Waals surface area contributed by atoms with Crippen LogP contribution in [0.25, 0.3) is 11.0 Å². The first-order chi connectivity index (χ1) is 9.56. The van der Waals surface area contributed by atoms with E-state index in [0.29, 0.717) is 32.5 Å². The molecule has 20 heavy (non-hydrogen) atoms. The fourth-order valence-electron chi connectivity index (χ4n) is 1.90. The second-order valence-electron chi connectivity index (χ2n) is 4.38. The summed E-state index contributed by atoms with van der Waals surface area (Å²) in [5.74, 6) is 0. The summed E-state index contributed by atoms with van der Waals surface area (Å²) in [6.07, 6.45) is 0. The van der Waals surface area contributed by atoms with E-state index >= 15 is 0 Å². The van der Waals surface area contributed by atoms with Crippen molar-refractivity contribution < 1.29 is 0 Å². The Kier molecular flexibility index (Phi) is 3.41. The molecule has 3 N–H and O–H groups in total. The van der Waals surface area contributed by atoms with Gasteiger partial charge in [-0.2, -0.15) is 8.75 Å². The molecule has 0 aliphatic rings. The largest absolute Gasteiger partial charge is 0.399 e. The average molecular weight is 325 g/mol. The Morgan fingerprint density at radius 1 is 1.10 bits per heavy atom. The zero-order valence-electron chi connectivity index (χ0n) is 10.4. The van der Waals surface area contributed by atoms with E-state index in [9.17, 15) is 0 Å². The number of hydrogen-bond donors (Lipinski definition) is 2. The van der Waals surface area contributed by atoms with Crippen molar-refractivity contribution in [2.75, 3.05) is 11.1 Å². The van der Waals surface area contributed by atoms with Crippen LogP contribution in [-0.2, 0) is 0 Å². The third-order valence-corrected chi connectivity index (χ3v) is 4.08. The lowest BCUT2D eigenvalue weighted by atomic mass is 10.1. The number of aryl methyl sites for hydroxylation is 1. The Labute approximate surface area is 129 Å². The van der Waals surface area contributed by atoms with E-state index in [-0.39, 0.29) is 0 Å². The van der Waals surface area contributed by atoms with Gasteiger partial charge in [-0.3, -0.25) is 0 Å². The molecule has 0 bridgehead atoms. The van der Waals surface area contributed by atoms with Crippen molar-refractivity contribution in [3.8, 4) is 0 Å². The van der Waals surface area contributed by atoms with E-state index < -0.39 is 0 Å². The van der Waals surface area contributed by atoms with Crippen LogP contribution in [0.5, 0.6) is 0 Å². The molecule has 1 heterocycles. The number of nitrogens with two attached hydrogens (primary N) is 1. The van der Waals surface area contributed by atoms with E-state index in [1.165, 1.54) is 0 Å². The minimum atomic E-state index is 0.494. The molecule has 0 radical (unpaired) electrons. The van der Waals surface area contributed by atoms with Crippen LogP contribution in [0, 0.1) is 6.92 Å². The van der Waals surface area contributed by atoms with Gasteiger partial charge in [0.2, 0.25) is 0 Å². The summed E-state index contributed by atoms with van der Waals surface area (Å²) < 4.78 is 8.43. The SMILES string of the molecule is Cc1ccc(N)cc1Nc1c(Cl)cc(Cl)c2nsnc12. The summed E-state index contributed by atoms with van der Waals surface area (Å²) in [6.45, 7) is 1.99. The minimum Gasteiger partial charge on any atom is -0.399 e. The molecule has 7 heteroatoms. The molecular weight excluding hydrogens is 315 g/mol. The lowest BCUT2D eigenvalue weighted by Gasteiger charge is -2.12. The Morgan fingerprint density at radius 3 is 2.65 bits per heavy atom. The molecule has 0 spiro atoms. The Bertz CT molecular complexity index is 800. The zero-order valence-corrected chi connectivity index (χ0v) is 12.8. The van der Waals surface area contributed by atoms with Crippen molar-refractivity contribution in [1.29, 1.82) is 0 Å². The fourth-order valence-corrected chi connectivity index (χ4v) is 3.06. The molecule has 0 unspecified atom stereocenters. The standard InChI is InChI=1S/C13H10Cl2N4S/c1-6-2-3-7(16)4-10(6)17-11-8(14)5-9(15)12-13(11)19-20-18-12/h2-5,17H,16H2,1H3. The molecule has 1 aromatic heterocycles. The van der Waals surface area contributed by atoms with Gasteiger partial charge in [0.1, 0.15) is 11.0 Å². The molecule has 0 amide bonds. The summed E-state index contributed by atoms with van der Waals surface area (Å²) in [5, 5.41) is 4.26. The van der Waals surface area contributed by atoms with Crippen molar-refractivity contribution in [3.63, 3.8) is 0 Å². The van der Waals surface area contributed by atoms with E-state index in [1.807, 2.05) is 25.1 Å². The van der Waals surface area contributed by atoms with Crippen LogP contribution in [0.3, 0.4) is 0 Å². The van der Waals surface area contributed by atoms with Crippen molar-refractivity contribution in [2.45, 2.75) is 6.92 Å². The summed E-state index contributed by atoms with van der Waals surface area (Å²) in [4.78, 5) is 0. The first-order valence-corrected chi connectivity index (χ1v) is 7.28. The Balaban J connectivity index is 2.15. The summed E-state index contributed by atoms with van der Waals surface area (Å²) in [5.41, 5.74) is 10.4. The number of fused-ring (bicyclic) bond motifs is 1. The lowest BCUT2D eigenvalue weighted by molar-refractivity contribution is 1.43. The predicted molar refractivity (Wildman–Crippen MR) is 86.3 cm³/mol. The van der Waals surface area contributed by atoms with Crippen LogP contribution in [0.4, 0.5) is 17.1 Å². The number of nitrogens with zero attached hydrogens (tertiary/aromatic N) is 2. The zero-order chi connectivity index (χ0) is 14.3. The molecule has 0 saturated heterocycles. The van der Waals surface area contributed by atoms with Crippen molar-refractivity contribution in [1.82, 2.24) is 8.75 Å².